The molecule has 0 aromatic rings. The van der Waals surface area contributed by atoms with Crippen LogP contribution in [-0.4, -0.2) is 35.0 Å². The minimum Gasteiger partial charge on any atom is -0.759 e. The second-order valence-corrected chi connectivity index (χ2v) is 2.57. The van der Waals surface area contributed by atoms with Crippen LogP contribution in [0, 0.1) is 0 Å². The van der Waals surface area contributed by atoms with Crippen LogP contribution in [0.5, 0.6) is 0 Å². The fraction of sp³-hybridized carbons (Fsp3) is 0. The van der Waals surface area contributed by atoms with Gasteiger partial charge in [0.1, 0.15) is 0 Å². The molecule has 0 aromatic heterocycles. The van der Waals surface area contributed by atoms with E-state index in [9.17, 15) is 0 Å². The molecule has 0 heterocycles. The molecule has 0 amide bonds. The molecule has 0 aliphatic rings. The summed E-state index contributed by atoms with van der Waals surface area (Å²) >= 11 is 0. The molecule has 0 unspecified atom stereocenters. The molecule has 0 spiro atoms. The van der Waals surface area contributed by atoms with Crippen molar-refractivity contribution in [3.05, 3.63) is 0 Å². The van der Waals surface area contributed by atoms with Crippen LogP contribution >= 0.6 is 0 Å². The SMILES string of the molecule is O=S(=O)(O)O.O=S(=O)([O-])[O-].[Co+2].[Fe]. The summed E-state index contributed by atoms with van der Waals surface area (Å²) in [5.41, 5.74) is 0. The first-order valence-electron chi connectivity index (χ1n) is 1.37. The van der Waals surface area contributed by atoms with Crippen molar-refractivity contribution in [2.24, 2.45) is 0 Å². The average Bonchev–Trinajstić information content (AvgIpc) is 1.12. The Morgan fingerprint density at radius 3 is 0.917 bits per heavy atom. The summed E-state index contributed by atoms with van der Waals surface area (Å²) in [6, 6.07) is 0. The second kappa shape index (κ2) is 8.37. The zero-order valence-corrected chi connectivity index (χ0v) is 8.63. The van der Waals surface area contributed by atoms with Gasteiger partial charge in [0.05, 0.1) is 0 Å². The van der Waals surface area contributed by atoms with Crippen molar-refractivity contribution >= 4 is 20.8 Å². The maximum absolute atomic E-state index is 8.74. The van der Waals surface area contributed by atoms with E-state index in [2.05, 4.69) is 0 Å². The van der Waals surface area contributed by atoms with Crippen LogP contribution in [0.1, 0.15) is 0 Å². The Morgan fingerprint density at radius 2 is 0.917 bits per heavy atom. The summed E-state index contributed by atoms with van der Waals surface area (Å²) in [5.74, 6) is 0. The number of hydrogen-bond acceptors (Lipinski definition) is 6. The van der Waals surface area contributed by atoms with Gasteiger partial charge in [0.15, 0.2) is 0 Å². The van der Waals surface area contributed by atoms with E-state index in [1.165, 1.54) is 0 Å². The van der Waals surface area contributed by atoms with Crippen LogP contribution in [0.4, 0.5) is 0 Å². The van der Waals surface area contributed by atoms with Crippen molar-refractivity contribution in [3.8, 4) is 0 Å². The molecule has 0 saturated heterocycles. The molecule has 0 aliphatic heterocycles. The first kappa shape index (κ1) is 23.0. The maximum atomic E-state index is 8.74. The summed E-state index contributed by atoms with van der Waals surface area (Å²) in [6.45, 7) is 0. The van der Waals surface area contributed by atoms with Crippen LogP contribution in [-0.2, 0) is 54.6 Å². The monoisotopic (exact) mass is 309 g/mol. The molecule has 0 saturated carbocycles. The normalized spacial score (nSPS) is 9.67. The molecule has 0 aliphatic carbocycles. The third-order valence-electron chi connectivity index (χ3n) is 0. The summed E-state index contributed by atoms with van der Waals surface area (Å²) in [7, 11) is -9.83. The Bertz CT molecular complexity index is 213. The summed E-state index contributed by atoms with van der Waals surface area (Å²) < 4.78 is 65.7. The minimum atomic E-state index is -5.17. The van der Waals surface area contributed by atoms with E-state index in [0.717, 1.165) is 0 Å². The molecule has 1 radical (unpaired) electrons. The van der Waals surface area contributed by atoms with Gasteiger partial charge in [-0.05, 0) is 0 Å². The van der Waals surface area contributed by atoms with Gasteiger partial charge in [-0.3, -0.25) is 17.5 Å². The Labute approximate surface area is 89.6 Å². The molecule has 12 heteroatoms. The standard InChI is InChI=1S/Co.Fe.2H2O4S/c;;2*1-5(2,3)4/h;;2*(H2,1,2,3,4)/q+2;;;/p-2. The minimum absolute atomic E-state index is 0. The summed E-state index contributed by atoms with van der Waals surface area (Å²) in [5, 5.41) is 0. The van der Waals surface area contributed by atoms with Crippen molar-refractivity contribution < 1.29 is 68.9 Å². The first-order chi connectivity index (χ1) is 4.00. The predicted octanol–water partition coefficient (Wildman–Crippen LogP) is -2.00. The van der Waals surface area contributed by atoms with E-state index in [1.807, 2.05) is 0 Å². The third kappa shape index (κ3) is 1750. The Hall–Kier alpha value is 0.766. The van der Waals surface area contributed by atoms with Crippen LogP contribution < -0.4 is 0 Å². The molecule has 0 rings (SSSR count). The van der Waals surface area contributed by atoms with Crippen molar-refractivity contribution in [2.45, 2.75) is 0 Å². The summed E-state index contributed by atoms with van der Waals surface area (Å²) in [6.07, 6.45) is 0. The van der Waals surface area contributed by atoms with E-state index < -0.39 is 20.8 Å². The van der Waals surface area contributed by atoms with Crippen LogP contribution in [0.2, 0.25) is 0 Å². The molecule has 0 bridgehead atoms. The Morgan fingerprint density at radius 1 is 0.917 bits per heavy atom. The van der Waals surface area contributed by atoms with Crippen molar-refractivity contribution in [2.75, 3.05) is 0 Å². The van der Waals surface area contributed by atoms with Crippen molar-refractivity contribution in [1.82, 2.24) is 0 Å². The van der Waals surface area contributed by atoms with Gasteiger partial charge < -0.3 is 9.11 Å². The smallest absolute Gasteiger partial charge is 0.759 e. The van der Waals surface area contributed by atoms with E-state index >= 15 is 0 Å². The van der Waals surface area contributed by atoms with Crippen molar-refractivity contribution in [3.63, 3.8) is 0 Å². The molecule has 0 aromatic carbocycles. The maximum Gasteiger partial charge on any atom is 2.00 e. The van der Waals surface area contributed by atoms with Gasteiger partial charge in [-0.15, -0.1) is 0 Å². The molecular formula is H2CoFeO8S2. The number of rotatable bonds is 0. The largest absolute Gasteiger partial charge is 2.00 e. The molecule has 8 nitrogen and oxygen atoms in total. The van der Waals surface area contributed by atoms with Crippen molar-refractivity contribution in [1.29, 1.82) is 0 Å². The van der Waals surface area contributed by atoms with Crippen LogP contribution in [0.25, 0.3) is 0 Å². The quantitative estimate of drug-likeness (QED) is 0.296. The van der Waals surface area contributed by atoms with E-state index in [4.69, 9.17) is 35.0 Å². The van der Waals surface area contributed by atoms with Gasteiger partial charge in [0, 0.05) is 27.5 Å². The van der Waals surface area contributed by atoms with E-state index in [1.54, 1.807) is 0 Å². The first-order valence-corrected chi connectivity index (χ1v) is 4.10. The van der Waals surface area contributed by atoms with Gasteiger partial charge in [-0.25, -0.2) is 0 Å². The van der Waals surface area contributed by atoms with E-state index in [-0.39, 0.29) is 33.8 Å². The molecule has 0 atom stereocenters. The molecule has 79 valence electrons. The summed E-state index contributed by atoms with van der Waals surface area (Å²) in [4.78, 5) is 0. The van der Waals surface area contributed by atoms with Gasteiger partial charge >= 0.3 is 27.2 Å². The topological polar surface area (TPSA) is 155 Å². The van der Waals surface area contributed by atoms with Gasteiger partial charge in [0.25, 0.3) is 0 Å². The molecule has 0 fully saturated rings. The van der Waals surface area contributed by atoms with Gasteiger partial charge in [-0.2, -0.15) is 8.42 Å². The van der Waals surface area contributed by atoms with Crippen LogP contribution in [0.15, 0.2) is 0 Å². The molecular weight excluding hydrogens is 307 g/mol. The second-order valence-electron chi connectivity index (χ2n) is 0.856. The Balaban J connectivity index is -0.0000000457. The third-order valence-corrected chi connectivity index (χ3v) is 0. The molecule has 12 heavy (non-hydrogen) atoms. The predicted molar refractivity (Wildman–Crippen MR) is 24.7 cm³/mol. The average molecular weight is 309 g/mol. The van der Waals surface area contributed by atoms with Gasteiger partial charge in [-0.1, -0.05) is 0 Å². The zero-order valence-electron chi connectivity index (χ0n) is 4.85. The van der Waals surface area contributed by atoms with Gasteiger partial charge in [0.2, 0.25) is 0 Å². The van der Waals surface area contributed by atoms with E-state index in [0.29, 0.717) is 0 Å². The zero-order chi connectivity index (χ0) is 9.00. The number of hydrogen-bond donors (Lipinski definition) is 2. The molecule has 2 N–H and O–H groups in total. The fourth-order valence-electron chi connectivity index (χ4n) is 0. The Kier molecular flexibility index (Phi) is 16.0. The fourth-order valence-corrected chi connectivity index (χ4v) is 0. The van der Waals surface area contributed by atoms with Crippen LogP contribution in [0.3, 0.4) is 0 Å².